The standard InChI is InChI=1S/C29H34OS/c1-28(2,3)25-18-24(19-26(27(25)30)29(4,5)6)31-20-23-16-14-22(15-17-23)13-12-21-10-8-7-9-11-21/h7-19,30H,20H2,1-6H3/b13-12+. The lowest BCUT2D eigenvalue weighted by Crippen LogP contribution is -2.17. The van der Waals surface area contributed by atoms with Crippen molar-refractivity contribution in [3.05, 3.63) is 94.5 Å². The van der Waals surface area contributed by atoms with Gasteiger partial charge in [-0.25, -0.2) is 0 Å². The van der Waals surface area contributed by atoms with Crippen LogP contribution in [0.1, 0.15) is 69.4 Å². The Morgan fingerprint density at radius 1 is 0.710 bits per heavy atom. The minimum Gasteiger partial charge on any atom is -0.507 e. The van der Waals surface area contributed by atoms with E-state index in [-0.39, 0.29) is 10.8 Å². The number of hydrogen-bond donors (Lipinski definition) is 1. The molecular weight excluding hydrogens is 396 g/mol. The van der Waals surface area contributed by atoms with Crippen LogP contribution < -0.4 is 0 Å². The van der Waals surface area contributed by atoms with Crippen molar-refractivity contribution in [2.45, 2.75) is 63.0 Å². The molecule has 0 heterocycles. The van der Waals surface area contributed by atoms with Crippen molar-refractivity contribution in [1.29, 1.82) is 0 Å². The lowest BCUT2D eigenvalue weighted by molar-refractivity contribution is 0.422. The molecule has 0 fully saturated rings. The van der Waals surface area contributed by atoms with E-state index >= 15 is 0 Å². The maximum absolute atomic E-state index is 10.9. The zero-order valence-corrected chi connectivity index (χ0v) is 20.4. The lowest BCUT2D eigenvalue weighted by Gasteiger charge is -2.28. The molecule has 0 spiro atoms. The first-order valence-electron chi connectivity index (χ1n) is 10.9. The van der Waals surface area contributed by atoms with E-state index in [0.717, 1.165) is 16.9 Å². The Morgan fingerprint density at radius 3 is 1.68 bits per heavy atom. The maximum Gasteiger partial charge on any atom is 0.123 e. The highest BCUT2D eigenvalue weighted by Crippen LogP contribution is 2.42. The number of aromatic hydroxyl groups is 1. The molecule has 0 aliphatic rings. The van der Waals surface area contributed by atoms with E-state index in [0.29, 0.717) is 5.75 Å². The van der Waals surface area contributed by atoms with Gasteiger partial charge in [-0.2, -0.15) is 0 Å². The zero-order chi connectivity index (χ0) is 22.6. The molecule has 0 saturated carbocycles. The molecule has 0 aromatic heterocycles. The molecule has 0 aliphatic heterocycles. The highest BCUT2D eigenvalue weighted by atomic mass is 32.2. The van der Waals surface area contributed by atoms with Gasteiger partial charge in [0.2, 0.25) is 0 Å². The fraction of sp³-hybridized carbons (Fsp3) is 0.310. The van der Waals surface area contributed by atoms with E-state index in [1.165, 1.54) is 21.6 Å². The predicted molar refractivity (Wildman–Crippen MR) is 137 cm³/mol. The lowest BCUT2D eigenvalue weighted by atomic mass is 9.79. The Kier molecular flexibility index (Phi) is 7.01. The second-order valence-corrected chi connectivity index (χ2v) is 11.2. The molecule has 3 rings (SSSR count). The van der Waals surface area contributed by atoms with E-state index in [1.54, 1.807) is 0 Å². The molecule has 2 heteroatoms. The van der Waals surface area contributed by atoms with Gasteiger partial charge < -0.3 is 5.11 Å². The Bertz CT molecular complexity index is 998. The summed E-state index contributed by atoms with van der Waals surface area (Å²) in [6.45, 7) is 12.9. The van der Waals surface area contributed by atoms with Crippen molar-refractivity contribution in [1.82, 2.24) is 0 Å². The summed E-state index contributed by atoms with van der Waals surface area (Å²) in [6.07, 6.45) is 4.29. The topological polar surface area (TPSA) is 20.2 Å². The van der Waals surface area contributed by atoms with Crippen LogP contribution in [-0.4, -0.2) is 5.11 Å². The van der Waals surface area contributed by atoms with Crippen molar-refractivity contribution in [2.24, 2.45) is 0 Å². The first-order valence-corrected chi connectivity index (χ1v) is 11.9. The summed E-state index contributed by atoms with van der Waals surface area (Å²) in [5, 5.41) is 10.9. The van der Waals surface area contributed by atoms with Gasteiger partial charge in [-0.05, 0) is 39.7 Å². The van der Waals surface area contributed by atoms with Crippen LogP contribution in [0.3, 0.4) is 0 Å². The number of phenols is 1. The minimum atomic E-state index is -0.104. The second kappa shape index (κ2) is 9.36. The van der Waals surface area contributed by atoms with E-state index in [1.807, 2.05) is 17.8 Å². The third-order valence-electron chi connectivity index (χ3n) is 5.35. The van der Waals surface area contributed by atoms with Crippen LogP contribution in [0.4, 0.5) is 0 Å². The van der Waals surface area contributed by atoms with E-state index < -0.39 is 0 Å². The van der Waals surface area contributed by atoms with Crippen LogP contribution in [0.2, 0.25) is 0 Å². The molecule has 0 unspecified atom stereocenters. The Morgan fingerprint density at radius 2 is 1.19 bits per heavy atom. The van der Waals surface area contributed by atoms with Gasteiger partial charge in [0.1, 0.15) is 5.75 Å². The van der Waals surface area contributed by atoms with Gasteiger partial charge in [0.25, 0.3) is 0 Å². The molecule has 1 nitrogen and oxygen atoms in total. The van der Waals surface area contributed by atoms with Crippen molar-refractivity contribution in [3.8, 4) is 5.75 Å². The first-order chi connectivity index (χ1) is 14.5. The highest BCUT2D eigenvalue weighted by molar-refractivity contribution is 7.98. The normalized spacial score (nSPS) is 12.5. The summed E-state index contributed by atoms with van der Waals surface area (Å²) in [6, 6.07) is 23.4. The molecule has 0 saturated heterocycles. The molecular formula is C29H34OS. The Balaban J connectivity index is 1.75. The molecule has 162 valence electrons. The van der Waals surface area contributed by atoms with Crippen molar-refractivity contribution < 1.29 is 5.11 Å². The SMILES string of the molecule is CC(C)(C)c1cc(SCc2ccc(/C=C/c3ccccc3)cc2)cc(C(C)(C)C)c1O. The van der Waals surface area contributed by atoms with Crippen molar-refractivity contribution in [3.63, 3.8) is 0 Å². The molecule has 0 aliphatic carbocycles. The van der Waals surface area contributed by atoms with Crippen LogP contribution >= 0.6 is 11.8 Å². The van der Waals surface area contributed by atoms with Gasteiger partial charge in [-0.15, -0.1) is 11.8 Å². The molecule has 0 amide bonds. The van der Waals surface area contributed by atoms with Crippen LogP contribution in [0, 0.1) is 0 Å². The average molecular weight is 431 g/mol. The van der Waals surface area contributed by atoms with Gasteiger partial charge in [0, 0.05) is 21.8 Å². The summed E-state index contributed by atoms with van der Waals surface area (Å²) in [5.41, 5.74) is 5.53. The minimum absolute atomic E-state index is 0.104. The summed E-state index contributed by atoms with van der Waals surface area (Å²) in [7, 11) is 0. The smallest absolute Gasteiger partial charge is 0.123 e. The fourth-order valence-corrected chi connectivity index (χ4v) is 4.41. The molecule has 3 aromatic rings. The molecule has 3 aromatic carbocycles. The number of rotatable bonds is 5. The predicted octanol–water partition coefficient (Wildman–Crippen LogP) is 8.45. The van der Waals surface area contributed by atoms with E-state index in [4.69, 9.17) is 0 Å². The summed E-state index contributed by atoms with van der Waals surface area (Å²) < 4.78 is 0. The van der Waals surface area contributed by atoms with Crippen molar-refractivity contribution in [2.75, 3.05) is 0 Å². The van der Waals surface area contributed by atoms with Gasteiger partial charge in [0.15, 0.2) is 0 Å². The quantitative estimate of drug-likeness (QED) is 0.324. The average Bonchev–Trinajstić information content (AvgIpc) is 2.71. The molecule has 0 radical (unpaired) electrons. The Hall–Kier alpha value is -2.45. The molecule has 1 N–H and O–H groups in total. The monoisotopic (exact) mass is 430 g/mol. The van der Waals surface area contributed by atoms with Crippen LogP contribution in [0.15, 0.2) is 71.6 Å². The van der Waals surface area contributed by atoms with Gasteiger partial charge >= 0.3 is 0 Å². The van der Waals surface area contributed by atoms with Crippen LogP contribution in [0.25, 0.3) is 12.2 Å². The number of thioether (sulfide) groups is 1. The number of phenolic OH excluding ortho intramolecular Hbond substituents is 1. The second-order valence-electron chi connectivity index (χ2n) is 10.1. The molecule has 0 atom stereocenters. The summed E-state index contributed by atoms with van der Waals surface area (Å²) in [5.74, 6) is 1.35. The third kappa shape index (κ3) is 6.27. The van der Waals surface area contributed by atoms with Crippen molar-refractivity contribution >= 4 is 23.9 Å². The van der Waals surface area contributed by atoms with E-state index in [9.17, 15) is 5.11 Å². The summed E-state index contributed by atoms with van der Waals surface area (Å²) >= 11 is 1.83. The maximum atomic E-state index is 10.9. The first kappa shape index (κ1) is 23.2. The largest absolute Gasteiger partial charge is 0.507 e. The van der Waals surface area contributed by atoms with Gasteiger partial charge in [-0.3, -0.25) is 0 Å². The number of benzene rings is 3. The number of hydrogen-bond acceptors (Lipinski definition) is 2. The third-order valence-corrected chi connectivity index (χ3v) is 6.40. The van der Waals surface area contributed by atoms with Crippen LogP contribution in [0.5, 0.6) is 5.75 Å². The van der Waals surface area contributed by atoms with Gasteiger partial charge in [0.05, 0.1) is 0 Å². The van der Waals surface area contributed by atoms with E-state index in [2.05, 4.69) is 114 Å². The highest BCUT2D eigenvalue weighted by Gasteiger charge is 2.26. The molecule has 31 heavy (non-hydrogen) atoms. The van der Waals surface area contributed by atoms with Crippen LogP contribution in [-0.2, 0) is 16.6 Å². The fourth-order valence-electron chi connectivity index (χ4n) is 3.48. The summed E-state index contributed by atoms with van der Waals surface area (Å²) in [4.78, 5) is 1.21. The molecule has 0 bridgehead atoms. The zero-order valence-electron chi connectivity index (χ0n) is 19.6. The van der Waals surface area contributed by atoms with Gasteiger partial charge in [-0.1, -0.05) is 108 Å². The Labute approximate surface area is 192 Å².